The van der Waals surface area contributed by atoms with Crippen LogP contribution in [-0.2, 0) is 12.8 Å². The van der Waals surface area contributed by atoms with Crippen molar-refractivity contribution in [3.8, 4) is 40.1 Å². The van der Waals surface area contributed by atoms with Crippen LogP contribution in [0, 0.1) is 29.6 Å². The molecule has 0 saturated heterocycles. The fourth-order valence-electron chi connectivity index (χ4n) is 8.59. The van der Waals surface area contributed by atoms with E-state index >= 15 is 0 Å². The van der Waals surface area contributed by atoms with Gasteiger partial charge in [-0.15, -0.1) is 0 Å². The van der Waals surface area contributed by atoms with Crippen molar-refractivity contribution >= 4 is 22.3 Å². The number of allylic oxidation sites excluding steroid dienone is 2. The largest absolute Gasteiger partial charge is 0.333 e. The number of hydrogen-bond acceptors (Lipinski definition) is 3. The minimum Gasteiger partial charge on any atom is -0.333 e. The second kappa shape index (κ2) is 11.6. The van der Waals surface area contributed by atoms with E-state index in [0.717, 1.165) is 75.8 Å². The summed E-state index contributed by atoms with van der Waals surface area (Å²) >= 11 is 0. The molecule has 234 valence electrons. The topological polar surface area (TPSA) is 55.8 Å². The fraction of sp³-hybridized carbons (Fsp3) is 0.156. The molecule has 3 aliphatic rings. The first-order valence-electron chi connectivity index (χ1n) is 17.2. The van der Waals surface area contributed by atoms with E-state index in [4.69, 9.17) is 0 Å². The number of anilines is 2. The Balaban J connectivity index is 1.19. The Morgan fingerprint density at radius 2 is 1.45 bits per heavy atom. The summed E-state index contributed by atoms with van der Waals surface area (Å²) in [5, 5.41) is 21.6. The Bertz CT molecular complexity index is 2440. The van der Waals surface area contributed by atoms with Crippen molar-refractivity contribution in [2.75, 3.05) is 4.90 Å². The third kappa shape index (κ3) is 4.49. The predicted molar refractivity (Wildman–Crippen MR) is 198 cm³/mol. The minimum absolute atomic E-state index is 0.227. The normalized spacial score (nSPS) is 17.3. The van der Waals surface area contributed by atoms with Gasteiger partial charge in [0.15, 0.2) is 0 Å². The van der Waals surface area contributed by atoms with E-state index in [-0.39, 0.29) is 6.04 Å². The smallest absolute Gasteiger partial charge is 0.0998 e. The SMILES string of the molecule is Cc1ccc2c(c1)C1C=CC=CC1N2c1ccc(-c2c(C#N)cccc2-c2ccccc2-n2c3c(c4c(C#N)cccc42)CCCC3)cc1. The van der Waals surface area contributed by atoms with Crippen molar-refractivity contribution in [2.45, 2.75) is 44.6 Å². The van der Waals surface area contributed by atoms with E-state index in [9.17, 15) is 10.5 Å². The summed E-state index contributed by atoms with van der Waals surface area (Å²) in [6, 6.07) is 41.4. The molecule has 0 fully saturated rings. The van der Waals surface area contributed by atoms with Crippen LogP contribution >= 0.6 is 0 Å². The maximum Gasteiger partial charge on any atom is 0.0998 e. The summed E-state index contributed by atoms with van der Waals surface area (Å²) in [4.78, 5) is 2.45. The zero-order valence-corrected chi connectivity index (χ0v) is 27.4. The van der Waals surface area contributed by atoms with Gasteiger partial charge in [-0.1, -0.05) is 90.5 Å². The van der Waals surface area contributed by atoms with Crippen LogP contribution in [0.5, 0.6) is 0 Å². The van der Waals surface area contributed by atoms with Gasteiger partial charge >= 0.3 is 0 Å². The van der Waals surface area contributed by atoms with Crippen LogP contribution in [0.15, 0.2) is 127 Å². The maximum absolute atomic E-state index is 10.4. The molecule has 0 N–H and O–H groups in total. The van der Waals surface area contributed by atoms with E-state index in [2.05, 4.69) is 132 Å². The lowest BCUT2D eigenvalue weighted by atomic mass is 9.89. The lowest BCUT2D eigenvalue weighted by Gasteiger charge is -2.29. The average molecular weight is 631 g/mol. The van der Waals surface area contributed by atoms with E-state index in [1.54, 1.807) is 0 Å². The van der Waals surface area contributed by atoms with Gasteiger partial charge in [0.2, 0.25) is 0 Å². The molecule has 0 spiro atoms. The van der Waals surface area contributed by atoms with E-state index in [0.29, 0.717) is 11.5 Å². The van der Waals surface area contributed by atoms with Crippen LogP contribution in [-0.4, -0.2) is 10.6 Å². The zero-order chi connectivity index (χ0) is 33.1. The number of rotatable bonds is 4. The van der Waals surface area contributed by atoms with Gasteiger partial charge in [0, 0.05) is 39.5 Å². The molecule has 4 nitrogen and oxygen atoms in total. The monoisotopic (exact) mass is 630 g/mol. The Hall–Kier alpha value is -6.10. The number of fused-ring (bicyclic) bond motifs is 6. The minimum atomic E-state index is 0.227. The van der Waals surface area contributed by atoms with Crippen molar-refractivity contribution in [3.05, 3.63) is 161 Å². The predicted octanol–water partition coefficient (Wildman–Crippen LogP) is 10.6. The summed E-state index contributed by atoms with van der Waals surface area (Å²) in [6.45, 7) is 2.16. The zero-order valence-electron chi connectivity index (χ0n) is 27.4. The van der Waals surface area contributed by atoms with Crippen LogP contribution < -0.4 is 4.90 Å². The van der Waals surface area contributed by atoms with Crippen LogP contribution in [0.1, 0.15) is 52.3 Å². The molecule has 4 heteroatoms. The molecule has 2 atom stereocenters. The van der Waals surface area contributed by atoms with Gasteiger partial charge in [-0.2, -0.15) is 10.5 Å². The Morgan fingerprint density at radius 1 is 0.694 bits per heavy atom. The number of aryl methyl sites for hydroxylation is 2. The lowest BCUT2D eigenvalue weighted by molar-refractivity contribution is 0.667. The van der Waals surface area contributed by atoms with Gasteiger partial charge in [-0.05, 0) is 97.3 Å². The van der Waals surface area contributed by atoms with Gasteiger partial charge in [-0.25, -0.2) is 0 Å². The summed E-state index contributed by atoms with van der Waals surface area (Å²) in [6.07, 6.45) is 13.1. The molecule has 6 aromatic rings. The van der Waals surface area contributed by atoms with Crippen molar-refractivity contribution in [2.24, 2.45) is 0 Å². The summed E-state index contributed by atoms with van der Waals surface area (Å²) in [5.41, 5.74) is 15.2. The maximum atomic E-state index is 10.4. The van der Waals surface area contributed by atoms with Crippen LogP contribution in [0.3, 0.4) is 0 Å². The molecule has 5 aromatic carbocycles. The van der Waals surface area contributed by atoms with Crippen molar-refractivity contribution < 1.29 is 0 Å². The quantitative estimate of drug-likeness (QED) is 0.195. The molecule has 2 aliphatic carbocycles. The Kier molecular flexibility index (Phi) is 6.85. The number of aromatic nitrogens is 1. The third-order valence-electron chi connectivity index (χ3n) is 10.7. The second-order valence-electron chi connectivity index (χ2n) is 13.4. The van der Waals surface area contributed by atoms with Crippen LogP contribution in [0.2, 0.25) is 0 Å². The first kappa shape index (κ1) is 29.1. The number of hydrogen-bond donors (Lipinski definition) is 0. The first-order valence-corrected chi connectivity index (χ1v) is 17.2. The molecule has 49 heavy (non-hydrogen) atoms. The molecular weight excluding hydrogens is 597 g/mol. The molecule has 9 rings (SSSR count). The van der Waals surface area contributed by atoms with Gasteiger partial charge in [0.25, 0.3) is 0 Å². The summed E-state index contributed by atoms with van der Waals surface area (Å²) in [5.74, 6) is 0.321. The average Bonchev–Trinajstić information content (AvgIpc) is 3.67. The molecule has 1 aromatic heterocycles. The number of nitrogens with zero attached hydrogens (tertiary/aromatic N) is 4. The van der Waals surface area contributed by atoms with Crippen molar-refractivity contribution in [3.63, 3.8) is 0 Å². The molecule has 2 unspecified atom stereocenters. The van der Waals surface area contributed by atoms with E-state index in [1.165, 1.54) is 28.1 Å². The standard InChI is InChI=1S/C45H34N4/c1-29-20-25-42-38(26-29)35-13-3-5-16-39(35)48(42)33-23-21-30(22-24-33)44-31(27-46)10-8-15-36(44)34-12-2-6-17-40(34)49-41-18-7-4-14-37(41)45-32(28-47)11-9-19-43(45)49/h2-3,5-6,8-13,15-17,19-26,35,39H,4,7,14,18H2,1H3. The molecule has 0 amide bonds. The number of nitriles is 2. The van der Waals surface area contributed by atoms with E-state index < -0.39 is 0 Å². The molecule has 0 bridgehead atoms. The molecule has 2 heterocycles. The van der Waals surface area contributed by atoms with Gasteiger partial charge < -0.3 is 9.47 Å². The molecular formula is C45H34N4. The first-order chi connectivity index (χ1) is 24.2. The highest BCUT2D eigenvalue weighted by Crippen LogP contribution is 2.49. The van der Waals surface area contributed by atoms with Crippen LogP contribution in [0.25, 0.3) is 38.8 Å². The lowest BCUT2D eigenvalue weighted by Crippen LogP contribution is -2.28. The molecule has 1 aliphatic heterocycles. The number of benzene rings is 5. The molecule has 0 saturated carbocycles. The summed E-state index contributed by atoms with van der Waals surface area (Å²) < 4.78 is 2.39. The van der Waals surface area contributed by atoms with Gasteiger partial charge in [-0.3, -0.25) is 0 Å². The van der Waals surface area contributed by atoms with Crippen molar-refractivity contribution in [1.29, 1.82) is 10.5 Å². The van der Waals surface area contributed by atoms with Gasteiger partial charge in [0.05, 0.1) is 40.5 Å². The van der Waals surface area contributed by atoms with Crippen LogP contribution in [0.4, 0.5) is 11.4 Å². The second-order valence-corrected chi connectivity index (χ2v) is 13.4. The van der Waals surface area contributed by atoms with E-state index in [1.807, 2.05) is 24.3 Å². The summed E-state index contributed by atoms with van der Waals surface area (Å²) in [7, 11) is 0. The number of para-hydroxylation sites is 1. The fourth-order valence-corrected chi connectivity index (χ4v) is 8.59. The highest BCUT2D eigenvalue weighted by Gasteiger charge is 2.37. The van der Waals surface area contributed by atoms with Crippen molar-refractivity contribution in [1.82, 2.24) is 4.57 Å². The Labute approximate surface area is 287 Å². The highest BCUT2D eigenvalue weighted by molar-refractivity contribution is 5.96. The highest BCUT2D eigenvalue weighted by atomic mass is 15.2. The third-order valence-corrected chi connectivity index (χ3v) is 10.7. The molecule has 0 radical (unpaired) electrons. The van der Waals surface area contributed by atoms with Gasteiger partial charge in [0.1, 0.15) is 0 Å². The Morgan fingerprint density at radius 3 is 2.31 bits per heavy atom.